The van der Waals surface area contributed by atoms with Crippen molar-refractivity contribution in [2.24, 2.45) is 0 Å². The highest BCUT2D eigenvalue weighted by atomic mass is 16.5. The van der Waals surface area contributed by atoms with Gasteiger partial charge in [-0.3, -0.25) is 0 Å². The molecule has 0 heterocycles. The SMILES string of the molecule is COc1ccccc1CNc1ccccc1C. The summed E-state index contributed by atoms with van der Waals surface area (Å²) in [5, 5.41) is 3.42. The molecular formula is C15H17NO. The molecule has 1 N–H and O–H groups in total. The zero-order valence-corrected chi connectivity index (χ0v) is 10.2. The van der Waals surface area contributed by atoms with Crippen LogP contribution in [-0.2, 0) is 6.54 Å². The normalized spacial score (nSPS) is 10.0. The van der Waals surface area contributed by atoms with Gasteiger partial charge >= 0.3 is 0 Å². The van der Waals surface area contributed by atoms with Gasteiger partial charge < -0.3 is 10.1 Å². The Hall–Kier alpha value is -1.96. The van der Waals surface area contributed by atoms with Crippen LogP contribution in [0.5, 0.6) is 5.75 Å². The van der Waals surface area contributed by atoms with Gasteiger partial charge in [-0.05, 0) is 24.6 Å². The van der Waals surface area contributed by atoms with E-state index >= 15 is 0 Å². The van der Waals surface area contributed by atoms with Crippen molar-refractivity contribution in [3.05, 3.63) is 59.7 Å². The average molecular weight is 227 g/mol. The van der Waals surface area contributed by atoms with Crippen molar-refractivity contribution in [2.45, 2.75) is 13.5 Å². The summed E-state index contributed by atoms with van der Waals surface area (Å²) in [7, 11) is 1.70. The number of hydrogen-bond donors (Lipinski definition) is 1. The van der Waals surface area contributed by atoms with Gasteiger partial charge in [-0.25, -0.2) is 0 Å². The molecule has 0 aliphatic heterocycles. The number of aryl methyl sites for hydroxylation is 1. The summed E-state index contributed by atoms with van der Waals surface area (Å²) < 4.78 is 5.32. The summed E-state index contributed by atoms with van der Waals surface area (Å²) in [5.74, 6) is 0.925. The summed E-state index contributed by atoms with van der Waals surface area (Å²) in [6.07, 6.45) is 0. The lowest BCUT2D eigenvalue weighted by atomic mass is 10.1. The predicted octanol–water partition coefficient (Wildman–Crippen LogP) is 3.62. The molecule has 0 aliphatic rings. The number of anilines is 1. The van der Waals surface area contributed by atoms with Gasteiger partial charge in [-0.2, -0.15) is 0 Å². The van der Waals surface area contributed by atoms with Gasteiger partial charge in [-0.1, -0.05) is 36.4 Å². The second kappa shape index (κ2) is 5.39. The highest BCUT2D eigenvalue weighted by Gasteiger charge is 2.02. The quantitative estimate of drug-likeness (QED) is 0.861. The molecule has 2 aromatic carbocycles. The van der Waals surface area contributed by atoms with Crippen LogP contribution < -0.4 is 10.1 Å². The summed E-state index contributed by atoms with van der Waals surface area (Å²) in [4.78, 5) is 0. The number of benzene rings is 2. The van der Waals surface area contributed by atoms with Crippen LogP contribution in [-0.4, -0.2) is 7.11 Å². The zero-order chi connectivity index (χ0) is 12.1. The Labute approximate surface area is 102 Å². The van der Waals surface area contributed by atoms with E-state index in [4.69, 9.17) is 4.74 Å². The van der Waals surface area contributed by atoms with Crippen molar-refractivity contribution >= 4 is 5.69 Å². The molecule has 0 aliphatic carbocycles. The Balaban J connectivity index is 2.10. The highest BCUT2D eigenvalue weighted by Crippen LogP contribution is 2.20. The fourth-order valence-corrected chi connectivity index (χ4v) is 1.81. The lowest BCUT2D eigenvalue weighted by Crippen LogP contribution is -2.02. The minimum absolute atomic E-state index is 0.773. The third kappa shape index (κ3) is 2.78. The van der Waals surface area contributed by atoms with E-state index in [0.29, 0.717) is 0 Å². The lowest BCUT2D eigenvalue weighted by Gasteiger charge is -2.11. The van der Waals surface area contributed by atoms with Crippen LogP contribution in [0.2, 0.25) is 0 Å². The standard InChI is InChI=1S/C15H17NO/c1-12-7-3-5-9-14(12)16-11-13-8-4-6-10-15(13)17-2/h3-10,16H,11H2,1-2H3. The Morgan fingerprint density at radius 2 is 1.71 bits per heavy atom. The molecule has 0 atom stereocenters. The molecule has 2 rings (SSSR count). The van der Waals surface area contributed by atoms with E-state index in [2.05, 4.69) is 30.4 Å². The van der Waals surface area contributed by atoms with Gasteiger partial charge in [0.1, 0.15) is 5.75 Å². The van der Waals surface area contributed by atoms with E-state index in [0.717, 1.165) is 12.3 Å². The maximum atomic E-state index is 5.32. The van der Waals surface area contributed by atoms with Gasteiger partial charge in [0.05, 0.1) is 7.11 Å². The van der Waals surface area contributed by atoms with Crippen LogP contribution in [0.1, 0.15) is 11.1 Å². The third-order valence-corrected chi connectivity index (χ3v) is 2.81. The summed E-state index contributed by atoms with van der Waals surface area (Å²) in [6.45, 7) is 2.87. The van der Waals surface area contributed by atoms with Crippen LogP contribution in [0.3, 0.4) is 0 Å². The van der Waals surface area contributed by atoms with Gasteiger partial charge in [0.2, 0.25) is 0 Å². The van der Waals surface area contributed by atoms with E-state index in [-0.39, 0.29) is 0 Å². The first-order chi connectivity index (χ1) is 8.31. The van der Waals surface area contributed by atoms with Gasteiger partial charge in [0, 0.05) is 17.8 Å². The van der Waals surface area contributed by atoms with Gasteiger partial charge in [0.15, 0.2) is 0 Å². The van der Waals surface area contributed by atoms with E-state index in [1.54, 1.807) is 7.11 Å². The number of rotatable bonds is 4. The molecule has 0 amide bonds. The molecule has 2 aromatic rings. The van der Waals surface area contributed by atoms with Crippen molar-refractivity contribution in [1.29, 1.82) is 0 Å². The minimum atomic E-state index is 0.773. The molecule has 0 fully saturated rings. The molecule has 17 heavy (non-hydrogen) atoms. The molecule has 0 radical (unpaired) electrons. The molecule has 2 heteroatoms. The van der Waals surface area contributed by atoms with Crippen LogP contribution in [0.4, 0.5) is 5.69 Å². The Kier molecular flexibility index (Phi) is 3.66. The highest BCUT2D eigenvalue weighted by molar-refractivity contribution is 5.51. The monoisotopic (exact) mass is 227 g/mol. The Morgan fingerprint density at radius 1 is 1.00 bits per heavy atom. The lowest BCUT2D eigenvalue weighted by molar-refractivity contribution is 0.410. The number of methoxy groups -OCH3 is 1. The first-order valence-electron chi connectivity index (χ1n) is 5.72. The smallest absolute Gasteiger partial charge is 0.123 e. The summed E-state index contributed by atoms with van der Waals surface area (Å²) in [5.41, 5.74) is 3.58. The fraction of sp³-hybridized carbons (Fsp3) is 0.200. The molecule has 0 unspecified atom stereocenters. The van der Waals surface area contributed by atoms with E-state index < -0.39 is 0 Å². The molecule has 0 saturated heterocycles. The van der Waals surface area contributed by atoms with E-state index in [9.17, 15) is 0 Å². The van der Waals surface area contributed by atoms with Crippen LogP contribution in [0, 0.1) is 6.92 Å². The zero-order valence-electron chi connectivity index (χ0n) is 10.2. The number of nitrogens with one attached hydrogen (secondary N) is 1. The minimum Gasteiger partial charge on any atom is -0.496 e. The number of hydrogen-bond acceptors (Lipinski definition) is 2. The molecule has 0 aromatic heterocycles. The van der Waals surface area contributed by atoms with Crippen molar-refractivity contribution < 1.29 is 4.74 Å². The molecule has 0 spiro atoms. The molecule has 88 valence electrons. The molecule has 0 saturated carbocycles. The molecule has 0 bridgehead atoms. The van der Waals surface area contributed by atoms with Crippen molar-refractivity contribution in [3.63, 3.8) is 0 Å². The van der Waals surface area contributed by atoms with Crippen molar-refractivity contribution in [2.75, 3.05) is 12.4 Å². The summed E-state index contributed by atoms with van der Waals surface area (Å²) >= 11 is 0. The topological polar surface area (TPSA) is 21.3 Å². The maximum absolute atomic E-state index is 5.32. The number of para-hydroxylation sites is 2. The van der Waals surface area contributed by atoms with Crippen molar-refractivity contribution in [3.8, 4) is 5.75 Å². The summed E-state index contributed by atoms with van der Waals surface area (Å²) in [6, 6.07) is 16.3. The van der Waals surface area contributed by atoms with Gasteiger partial charge in [0.25, 0.3) is 0 Å². The van der Waals surface area contributed by atoms with E-state index in [1.807, 2.05) is 30.3 Å². The molecular weight excluding hydrogens is 210 g/mol. The second-order valence-electron chi connectivity index (χ2n) is 3.98. The van der Waals surface area contributed by atoms with Crippen LogP contribution in [0.15, 0.2) is 48.5 Å². The van der Waals surface area contributed by atoms with Crippen molar-refractivity contribution in [1.82, 2.24) is 0 Å². The Bertz CT molecular complexity index is 494. The third-order valence-electron chi connectivity index (χ3n) is 2.81. The van der Waals surface area contributed by atoms with Crippen LogP contribution in [0.25, 0.3) is 0 Å². The van der Waals surface area contributed by atoms with Crippen LogP contribution >= 0.6 is 0 Å². The first-order valence-corrected chi connectivity index (χ1v) is 5.72. The molecule has 2 nitrogen and oxygen atoms in total. The number of ether oxygens (including phenoxy) is 1. The Morgan fingerprint density at radius 3 is 2.47 bits per heavy atom. The fourth-order valence-electron chi connectivity index (χ4n) is 1.81. The average Bonchev–Trinajstić information content (AvgIpc) is 2.38. The largest absolute Gasteiger partial charge is 0.496 e. The second-order valence-corrected chi connectivity index (χ2v) is 3.98. The predicted molar refractivity (Wildman–Crippen MR) is 71.5 cm³/mol. The maximum Gasteiger partial charge on any atom is 0.123 e. The van der Waals surface area contributed by atoms with Gasteiger partial charge in [-0.15, -0.1) is 0 Å². The first kappa shape index (κ1) is 11.5. The van der Waals surface area contributed by atoms with E-state index in [1.165, 1.54) is 16.8 Å².